The first-order valence-electron chi connectivity index (χ1n) is 9.29. The second-order valence-corrected chi connectivity index (χ2v) is 7.67. The summed E-state index contributed by atoms with van der Waals surface area (Å²) in [6, 6.07) is 11.4. The molecule has 0 bridgehead atoms. The number of rotatable bonds is 3. The molecule has 2 aliphatic rings. The minimum absolute atomic E-state index is 0.101. The predicted molar refractivity (Wildman–Crippen MR) is 104 cm³/mol. The molecule has 132 valence electrons. The number of nitrogens with zero attached hydrogens (tertiary/aromatic N) is 3. The van der Waals surface area contributed by atoms with Crippen molar-refractivity contribution >= 4 is 17.3 Å². The third-order valence-electron chi connectivity index (χ3n) is 5.82. The van der Waals surface area contributed by atoms with Crippen molar-refractivity contribution in [3.05, 3.63) is 53.6 Å². The van der Waals surface area contributed by atoms with Gasteiger partial charge in [0.15, 0.2) is 5.11 Å². The van der Waals surface area contributed by atoms with Gasteiger partial charge in [-0.05, 0) is 56.2 Å². The first-order chi connectivity index (χ1) is 12.2. The molecule has 2 aromatic rings. The van der Waals surface area contributed by atoms with Gasteiger partial charge in [-0.25, -0.2) is 0 Å². The van der Waals surface area contributed by atoms with E-state index in [0.717, 1.165) is 10.8 Å². The van der Waals surface area contributed by atoms with E-state index in [9.17, 15) is 0 Å². The Morgan fingerprint density at radius 2 is 1.92 bits per heavy atom. The second-order valence-electron chi connectivity index (χ2n) is 7.28. The van der Waals surface area contributed by atoms with Crippen molar-refractivity contribution in [3.8, 4) is 0 Å². The topological polar surface area (TPSA) is 33.1 Å². The Balaban J connectivity index is 1.77. The Labute approximate surface area is 155 Å². The van der Waals surface area contributed by atoms with Crippen molar-refractivity contribution in [3.63, 3.8) is 0 Å². The van der Waals surface area contributed by atoms with Crippen molar-refractivity contribution in [2.45, 2.75) is 57.2 Å². The maximum Gasteiger partial charge on any atom is 0.170 e. The van der Waals surface area contributed by atoms with Crippen LogP contribution >= 0.6 is 12.2 Å². The van der Waals surface area contributed by atoms with Gasteiger partial charge in [0.05, 0.1) is 17.8 Å². The molecule has 4 rings (SSSR count). The third kappa shape index (κ3) is 2.95. The highest BCUT2D eigenvalue weighted by Gasteiger charge is 2.44. The van der Waals surface area contributed by atoms with E-state index in [-0.39, 0.29) is 12.1 Å². The summed E-state index contributed by atoms with van der Waals surface area (Å²) in [7, 11) is 2.15. The molecular formula is C20H26N4S. The summed E-state index contributed by atoms with van der Waals surface area (Å²) in [5, 5.41) is 4.47. The number of hydrogen-bond donors (Lipinski definition) is 1. The van der Waals surface area contributed by atoms with E-state index in [1.54, 1.807) is 0 Å². The number of pyridine rings is 1. The van der Waals surface area contributed by atoms with Gasteiger partial charge in [-0.15, -0.1) is 0 Å². The maximum absolute atomic E-state index is 5.80. The van der Waals surface area contributed by atoms with E-state index in [4.69, 9.17) is 12.2 Å². The summed E-state index contributed by atoms with van der Waals surface area (Å²) < 4.78 is 2.30. The van der Waals surface area contributed by atoms with Crippen LogP contribution < -0.4 is 5.32 Å². The smallest absolute Gasteiger partial charge is 0.170 e. The van der Waals surface area contributed by atoms with Gasteiger partial charge in [0, 0.05) is 30.7 Å². The van der Waals surface area contributed by atoms with Crippen LogP contribution in [0.3, 0.4) is 0 Å². The average Bonchev–Trinajstić information content (AvgIpc) is 3.16. The van der Waals surface area contributed by atoms with Crippen LogP contribution in [0.4, 0.5) is 0 Å². The fourth-order valence-corrected chi connectivity index (χ4v) is 4.75. The molecule has 1 N–H and O–H groups in total. The van der Waals surface area contributed by atoms with E-state index in [0.29, 0.717) is 6.04 Å². The Bertz CT molecular complexity index is 748. The van der Waals surface area contributed by atoms with Gasteiger partial charge in [0.25, 0.3) is 0 Å². The molecule has 0 amide bonds. The zero-order chi connectivity index (χ0) is 17.4. The quantitative estimate of drug-likeness (QED) is 0.844. The first kappa shape index (κ1) is 16.6. The van der Waals surface area contributed by atoms with Crippen LogP contribution in [0, 0.1) is 6.92 Å². The molecule has 3 heterocycles. The van der Waals surface area contributed by atoms with E-state index in [2.05, 4.69) is 58.0 Å². The van der Waals surface area contributed by atoms with E-state index >= 15 is 0 Å². The third-order valence-corrected chi connectivity index (χ3v) is 6.15. The largest absolute Gasteiger partial charge is 0.352 e. The summed E-state index contributed by atoms with van der Waals surface area (Å²) in [4.78, 5) is 7.10. The molecule has 1 saturated carbocycles. The SMILES string of the molecule is Cc1ccc([C@@H]2[C@@H](c3ccccn3)NC(=S)N2C2CCCCC2)n1C. The van der Waals surface area contributed by atoms with Gasteiger partial charge in [-0.3, -0.25) is 4.98 Å². The van der Waals surface area contributed by atoms with Crippen LogP contribution in [-0.4, -0.2) is 25.6 Å². The maximum atomic E-state index is 5.80. The monoisotopic (exact) mass is 354 g/mol. The number of aromatic nitrogens is 2. The van der Waals surface area contributed by atoms with Crippen LogP contribution in [0.25, 0.3) is 0 Å². The van der Waals surface area contributed by atoms with E-state index < -0.39 is 0 Å². The minimum atomic E-state index is 0.101. The highest BCUT2D eigenvalue weighted by molar-refractivity contribution is 7.80. The van der Waals surface area contributed by atoms with Crippen molar-refractivity contribution in [1.82, 2.24) is 19.8 Å². The molecule has 5 heteroatoms. The van der Waals surface area contributed by atoms with Gasteiger partial charge >= 0.3 is 0 Å². The highest BCUT2D eigenvalue weighted by Crippen LogP contribution is 2.42. The Morgan fingerprint density at radius 3 is 2.56 bits per heavy atom. The molecule has 2 fully saturated rings. The van der Waals surface area contributed by atoms with Gasteiger partial charge < -0.3 is 14.8 Å². The molecule has 25 heavy (non-hydrogen) atoms. The highest BCUT2D eigenvalue weighted by atomic mass is 32.1. The van der Waals surface area contributed by atoms with E-state index in [1.165, 1.54) is 43.5 Å². The van der Waals surface area contributed by atoms with Gasteiger partial charge in [-0.1, -0.05) is 25.3 Å². The summed E-state index contributed by atoms with van der Waals surface area (Å²) in [6.07, 6.45) is 8.29. The summed E-state index contributed by atoms with van der Waals surface area (Å²) >= 11 is 5.80. The summed E-state index contributed by atoms with van der Waals surface area (Å²) in [5.74, 6) is 0. The average molecular weight is 355 g/mol. The fourth-order valence-electron chi connectivity index (χ4n) is 4.36. The first-order valence-corrected chi connectivity index (χ1v) is 9.69. The Hall–Kier alpha value is -1.88. The van der Waals surface area contributed by atoms with Crippen LogP contribution in [0.5, 0.6) is 0 Å². The van der Waals surface area contributed by atoms with Crippen molar-refractivity contribution in [1.29, 1.82) is 0 Å². The molecule has 0 unspecified atom stereocenters. The van der Waals surface area contributed by atoms with E-state index in [1.807, 2.05) is 12.3 Å². The zero-order valence-electron chi connectivity index (χ0n) is 15.0. The second kappa shape index (κ2) is 6.79. The fraction of sp³-hybridized carbons (Fsp3) is 0.500. The molecule has 2 aromatic heterocycles. The van der Waals surface area contributed by atoms with Crippen molar-refractivity contribution in [2.24, 2.45) is 7.05 Å². The number of thiocarbonyl (C=S) groups is 1. The standard InChI is InChI=1S/C20H26N4S/c1-14-11-12-17(23(14)2)19-18(16-10-6-7-13-21-16)22-20(25)24(19)15-8-4-3-5-9-15/h6-7,10-13,15,18-19H,3-5,8-9H2,1-2H3,(H,22,25)/t18-,19-/m1/s1. The minimum Gasteiger partial charge on any atom is -0.352 e. The molecule has 1 saturated heterocycles. The lowest BCUT2D eigenvalue weighted by Gasteiger charge is -2.37. The van der Waals surface area contributed by atoms with Crippen molar-refractivity contribution in [2.75, 3.05) is 0 Å². The summed E-state index contributed by atoms with van der Waals surface area (Å²) in [6.45, 7) is 2.16. The molecule has 0 radical (unpaired) electrons. The van der Waals surface area contributed by atoms with Gasteiger partial charge in [0.1, 0.15) is 0 Å². The molecule has 2 atom stereocenters. The van der Waals surface area contributed by atoms with Crippen LogP contribution in [0.1, 0.15) is 61.3 Å². The lowest BCUT2D eigenvalue weighted by atomic mass is 9.92. The summed E-state index contributed by atoms with van der Waals surface area (Å²) in [5.41, 5.74) is 3.65. The zero-order valence-corrected chi connectivity index (χ0v) is 15.8. The molecule has 0 aromatic carbocycles. The molecule has 4 nitrogen and oxygen atoms in total. The van der Waals surface area contributed by atoms with Gasteiger partial charge in [-0.2, -0.15) is 0 Å². The number of nitrogens with one attached hydrogen (secondary N) is 1. The molecular weight excluding hydrogens is 328 g/mol. The Kier molecular flexibility index (Phi) is 4.50. The molecule has 0 spiro atoms. The number of aryl methyl sites for hydroxylation is 1. The number of hydrogen-bond acceptors (Lipinski definition) is 2. The van der Waals surface area contributed by atoms with Crippen LogP contribution in [0.15, 0.2) is 36.5 Å². The Morgan fingerprint density at radius 1 is 1.12 bits per heavy atom. The molecule has 1 aliphatic heterocycles. The van der Waals surface area contributed by atoms with Crippen molar-refractivity contribution < 1.29 is 0 Å². The normalized spacial score (nSPS) is 24.6. The molecule has 1 aliphatic carbocycles. The lowest BCUT2D eigenvalue weighted by molar-refractivity contribution is 0.192. The predicted octanol–water partition coefficient (Wildman–Crippen LogP) is 4.03. The van der Waals surface area contributed by atoms with Gasteiger partial charge in [0.2, 0.25) is 0 Å². The lowest BCUT2D eigenvalue weighted by Crippen LogP contribution is -2.40. The van der Waals surface area contributed by atoms with Crippen LogP contribution in [0.2, 0.25) is 0 Å². The van der Waals surface area contributed by atoms with Crippen LogP contribution in [-0.2, 0) is 7.05 Å².